The number of benzene rings is 2. The van der Waals surface area contributed by atoms with E-state index in [1.807, 2.05) is 0 Å². The summed E-state index contributed by atoms with van der Waals surface area (Å²) >= 11 is 0. The fourth-order valence-corrected chi connectivity index (χ4v) is 2.01. The molecule has 2 rings (SSSR count). The molecule has 1 heteroatoms. The van der Waals surface area contributed by atoms with Crippen molar-refractivity contribution in [1.82, 2.24) is 5.32 Å². The molecule has 0 unspecified atom stereocenters. The van der Waals surface area contributed by atoms with E-state index in [2.05, 4.69) is 74.6 Å². The van der Waals surface area contributed by atoms with Gasteiger partial charge in [-0.15, -0.1) is 0 Å². The van der Waals surface area contributed by atoms with Gasteiger partial charge in [0.1, 0.15) is 0 Å². The predicted octanol–water partition coefficient (Wildman–Crippen LogP) is 4.16. The summed E-state index contributed by atoms with van der Waals surface area (Å²) in [6.45, 7) is 7.40. The zero-order chi connectivity index (χ0) is 13.0. The third-order valence-electron chi connectivity index (χ3n) is 2.99. The van der Waals surface area contributed by atoms with Crippen molar-refractivity contribution in [2.24, 2.45) is 0 Å². The number of nitrogens with one attached hydrogen (secondary N) is 1. The quantitative estimate of drug-likeness (QED) is 0.844. The molecule has 2 aromatic carbocycles. The molecule has 0 bridgehead atoms. The van der Waals surface area contributed by atoms with Crippen molar-refractivity contribution in [3.63, 3.8) is 0 Å². The van der Waals surface area contributed by atoms with Crippen LogP contribution >= 0.6 is 0 Å². The molecule has 0 atom stereocenters. The fourth-order valence-electron chi connectivity index (χ4n) is 2.01. The van der Waals surface area contributed by atoms with E-state index in [0.29, 0.717) is 6.04 Å². The SMILES string of the molecule is Cc1cccc(-c2cccc(CNC(C)C)c2)c1. The van der Waals surface area contributed by atoms with Crippen LogP contribution in [-0.4, -0.2) is 6.04 Å². The summed E-state index contributed by atoms with van der Waals surface area (Å²) in [4.78, 5) is 0. The maximum absolute atomic E-state index is 3.45. The highest BCUT2D eigenvalue weighted by molar-refractivity contribution is 5.64. The third kappa shape index (κ3) is 3.44. The molecule has 94 valence electrons. The minimum absolute atomic E-state index is 0.521. The zero-order valence-corrected chi connectivity index (χ0v) is 11.4. The number of rotatable bonds is 4. The topological polar surface area (TPSA) is 12.0 Å². The van der Waals surface area contributed by atoms with Crippen LogP contribution in [0.2, 0.25) is 0 Å². The Bertz CT molecular complexity index is 515. The van der Waals surface area contributed by atoms with E-state index >= 15 is 0 Å². The second-order valence-electron chi connectivity index (χ2n) is 5.11. The molecule has 0 amide bonds. The Hall–Kier alpha value is -1.60. The largest absolute Gasteiger partial charge is 0.310 e. The Labute approximate surface area is 110 Å². The lowest BCUT2D eigenvalue weighted by Gasteiger charge is -2.10. The summed E-state index contributed by atoms with van der Waals surface area (Å²) in [5.41, 5.74) is 5.23. The Balaban J connectivity index is 2.21. The van der Waals surface area contributed by atoms with Crippen molar-refractivity contribution in [3.8, 4) is 11.1 Å². The summed E-state index contributed by atoms with van der Waals surface area (Å²) in [5.74, 6) is 0. The molecule has 0 aliphatic carbocycles. The van der Waals surface area contributed by atoms with Crippen LogP contribution in [0.3, 0.4) is 0 Å². The van der Waals surface area contributed by atoms with E-state index in [4.69, 9.17) is 0 Å². The van der Waals surface area contributed by atoms with Gasteiger partial charge in [-0.05, 0) is 29.7 Å². The lowest BCUT2D eigenvalue weighted by molar-refractivity contribution is 0.589. The van der Waals surface area contributed by atoms with Crippen LogP contribution in [0.4, 0.5) is 0 Å². The highest BCUT2D eigenvalue weighted by atomic mass is 14.9. The molecule has 0 aromatic heterocycles. The lowest BCUT2D eigenvalue weighted by Crippen LogP contribution is -2.21. The number of hydrogen-bond donors (Lipinski definition) is 1. The molecular weight excluding hydrogens is 218 g/mol. The van der Waals surface area contributed by atoms with Gasteiger partial charge in [0, 0.05) is 12.6 Å². The van der Waals surface area contributed by atoms with Crippen LogP contribution in [0.5, 0.6) is 0 Å². The Morgan fingerprint density at radius 3 is 2.28 bits per heavy atom. The van der Waals surface area contributed by atoms with Crippen molar-refractivity contribution >= 4 is 0 Å². The van der Waals surface area contributed by atoms with Crippen molar-refractivity contribution in [2.75, 3.05) is 0 Å². The number of hydrogen-bond acceptors (Lipinski definition) is 1. The average molecular weight is 239 g/mol. The molecule has 1 N–H and O–H groups in total. The standard InChI is InChI=1S/C17H21N/c1-13(2)18-12-15-7-5-9-17(11-15)16-8-4-6-14(3)10-16/h4-11,13,18H,12H2,1-3H3. The van der Waals surface area contributed by atoms with Crippen LogP contribution in [0, 0.1) is 6.92 Å². The molecule has 0 aliphatic heterocycles. The molecule has 0 radical (unpaired) electrons. The summed E-state index contributed by atoms with van der Waals surface area (Å²) in [5, 5.41) is 3.45. The van der Waals surface area contributed by atoms with Gasteiger partial charge >= 0.3 is 0 Å². The van der Waals surface area contributed by atoms with Gasteiger partial charge in [-0.2, -0.15) is 0 Å². The Morgan fingerprint density at radius 1 is 0.944 bits per heavy atom. The predicted molar refractivity (Wildman–Crippen MR) is 78.6 cm³/mol. The highest BCUT2D eigenvalue weighted by Gasteiger charge is 2.00. The van der Waals surface area contributed by atoms with E-state index in [1.54, 1.807) is 0 Å². The van der Waals surface area contributed by atoms with Crippen LogP contribution in [-0.2, 0) is 6.54 Å². The number of aryl methyl sites for hydroxylation is 1. The second-order valence-corrected chi connectivity index (χ2v) is 5.11. The minimum atomic E-state index is 0.521. The van der Waals surface area contributed by atoms with Crippen molar-refractivity contribution in [2.45, 2.75) is 33.4 Å². The molecule has 0 saturated heterocycles. The van der Waals surface area contributed by atoms with Gasteiger partial charge < -0.3 is 5.32 Å². The molecule has 0 heterocycles. The van der Waals surface area contributed by atoms with Crippen LogP contribution < -0.4 is 5.32 Å². The van der Waals surface area contributed by atoms with Gasteiger partial charge in [-0.1, -0.05) is 61.9 Å². The van der Waals surface area contributed by atoms with Crippen molar-refractivity contribution in [1.29, 1.82) is 0 Å². The van der Waals surface area contributed by atoms with E-state index in [-0.39, 0.29) is 0 Å². The second kappa shape index (κ2) is 5.83. The summed E-state index contributed by atoms with van der Waals surface area (Å²) in [6.07, 6.45) is 0. The van der Waals surface area contributed by atoms with Crippen LogP contribution in [0.15, 0.2) is 48.5 Å². The molecule has 0 fully saturated rings. The van der Waals surface area contributed by atoms with Crippen molar-refractivity contribution in [3.05, 3.63) is 59.7 Å². The Kier molecular flexibility index (Phi) is 4.16. The maximum Gasteiger partial charge on any atom is 0.0208 e. The van der Waals surface area contributed by atoms with Crippen LogP contribution in [0.25, 0.3) is 11.1 Å². The summed E-state index contributed by atoms with van der Waals surface area (Å²) < 4.78 is 0. The first kappa shape index (κ1) is 12.8. The monoisotopic (exact) mass is 239 g/mol. The average Bonchev–Trinajstić information content (AvgIpc) is 2.37. The van der Waals surface area contributed by atoms with Gasteiger partial charge in [-0.3, -0.25) is 0 Å². The zero-order valence-electron chi connectivity index (χ0n) is 11.4. The van der Waals surface area contributed by atoms with Gasteiger partial charge in [0.05, 0.1) is 0 Å². The van der Waals surface area contributed by atoms with Gasteiger partial charge in [0.25, 0.3) is 0 Å². The molecule has 0 saturated carbocycles. The fraction of sp³-hybridized carbons (Fsp3) is 0.294. The van der Waals surface area contributed by atoms with Crippen LogP contribution in [0.1, 0.15) is 25.0 Å². The molecular formula is C17H21N. The molecule has 0 spiro atoms. The normalized spacial score (nSPS) is 10.9. The first-order valence-corrected chi connectivity index (χ1v) is 6.54. The smallest absolute Gasteiger partial charge is 0.0208 e. The highest BCUT2D eigenvalue weighted by Crippen LogP contribution is 2.21. The minimum Gasteiger partial charge on any atom is -0.310 e. The Morgan fingerprint density at radius 2 is 1.61 bits per heavy atom. The van der Waals surface area contributed by atoms with Gasteiger partial charge in [0.15, 0.2) is 0 Å². The van der Waals surface area contributed by atoms with Gasteiger partial charge in [0.2, 0.25) is 0 Å². The first-order chi connectivity index (χ1) is 8.65. The van der Waals surface area contributed by atoms with E-state index in [1.165, 1.54) is 22.3 Å². The molecule has 2 aromatic rings. The van der Waals surface area contributed by atoms with Crippen molar-refractivity contribution < 1.29 is 0 Å². The lowest BCUT2D eigenvalue weighted by atomic mass is 10.0. The maximum atomic E-state index is 3.45. The molecule has 0 aliphatic rings. The van der Waals surface area contributed by atoms with Gasteiger partial charge in [-0.25, -0.2) is 0 Å². The molecule has 18 heavy (non-hydrogen) atoms. The molecule has 1 nitrogen and oxygen atoms in total. The first-order valence-electron chi connectivity index (χ1n) is 6.54. The summed E-state index contributed by atoms with van der Waals surface area (Å²) in [6, 6.07) is 17.9. The van der Waals surface area contributed by atoms with E-state index in [0.717, 1.165) is 6.54 Å². The van der Waals surface area contributed by atoms with E-state index in [9.17, 15) is 0 Å². The summed E-state index contributed by atoms with van der Waals surface area (Å²) in [7, 11) is 0. The van der Waals surface area contributed by atoms with E-state index < -0.39 is 0 Å². The third-order valence-corrected chi connectivity index (χ3v) is 2.99.